The van der Waals surface area contributed by atoms with Crippen LogP contribution in [0.25, 0.3) is 0 Å². The lowest BCUT2D eigenvalue weighted by Gasteiger charge is -2.42. The average Bonchev–Trinajstić information content (AvgIpc) is 3.02. The van der Waals surface area contributed by atoms with E-state index in [9.17, 15) is 14.7 Å². The van der Waals surface area contributed by atoms with Crippen molar-refractivity contribution in [2.45, 2.75) is 76.0 Å². The zero-order valence-electron chi connectivity index (χ0n) is 19.3. The molecule has 2 heterocycles. The van der Waals surface area contributed by atoms with E-state index in [0.717, 1.165) is 24.9 Å². The number of carboxylic acids is 1. The predicted octanol–water partition coefficient (Wildman–Crippen LogP) is 4.38. The Bertz CT molecular complexity index is 950. The van der Waals surface area contributed by atoms with Crippen LogP contribution in [0, 0.1) is 0 Å². The van der Waals surface area contributed by atoms with Gasteiger partial charge in [0.1, 0.15) is 5.75 Å². The average molecular weight is 451 g/mol. The largest absolute Gasteiger partial charge is 0.508 e. The molecule has 2 N–H and O–H groups in total. The van der Waals surface area contributed by atoms with Crippen molar-refractivity contribution in [1.82, 2.24) is 9.80 Å². The van der Waals surface area contributed by atoms with E-state index in [4.69, 9.17) is 5.11 Å². The number of nitrogens with zero attached hydrogens (tertiary/aromatic N) is 2. The first-order chi connectivity index (χ1) is 15.9. The predicted molar refractivity (Wildman–Crippen MR) is 127 cm³/mol. The SMILES string of the molecule is C[C@H](CN1C2CCC1CC(c1cccc(O)c1)C2)N(Cc1ccccc1)C(=O)CCC(=O)O. The quantitative estimate of drug-likeness (QED) is 0.592. The molecule has 2 unspecified atom stereocenters. The Labute approximate surface area is 195 Å². The number of carbonyl (C=O) groups is 2. The van der Waals surface area contributed by atoms with Crippen LogP contribution in [0.3, 0.4) is 0 Å². The third-order valence-electron chi connectivity index (χ3n) is 7.30. The fourth-order valence-electron chi connectivity index (χ4n) is 5.65. The van der Waals surface area contributed by atoms with Gasteiger partial charge in [0.05, 0.1) is 6.42 Å². The molecule has 1 amide bonds. The lowest BCUT2D eigenvalue weighted by molar-refractivity contribution is -0.142. The first kappa shape index (κ1) is 23.3. The lowest BCUT2D eigenvalue weighted by Crippen LogP contribution is -2.50. The van der Waals surface area contributed by atoms with E-state index in [1.54, 1.807) is 6.07 Å². The maximum absolute atomic E-state index is 13.0. The number of phenolic OH excluding ortho intramolecular Hbond substituents is 1. The maximum atomic E-state index is 13.0. The summed E-state index contributed by atoms with van der Waals surface area (Å²) in [5.74, 6) is -0.260. The molecule has 2 aliphatic heterocycles. The van der Waals surface area contributed by atoms with Crippen LogP contribution in [-0.2, 0) is 16.1 Å². The Hall–Kier alpha value is -2.86. The highest BCUT2D eigenvalue weighted by Gasteiger charge is 2.42. The van der Waals surface area contributed by atoms with Crippen molar-refractivity contribution in [1.29, 1.82) is 0 Å². The Morgan fingerprint density at radius 3 is 2.36 bits per heavy atom. The van der Waals surface area contributed by atoms with E-state index in [-0.39, 0.29) is 24.8 Å². The highest BCUT2D eigenvalue weighted by atomic mass is 16.4. The normalized spacial score (nSPS) is 23.2. The van der Waals surface area contributed by atoms with Crippen molar-refractivity contribution in [3.05, 3.63) is 65.7 Å². The van der Waals surface area contributed by atoms with Crippen LogP contribution < -0.4 is 0 Å². The van der Waals surface area contributed by atoms with Gasteiger partial charge in [-0.15, -0.1) is 0 Å². The van der Waals surface area contributed by atoms with E-state index in [1.165, 1.54) is 18.4 Å². The van der Waals surface area contributed by atoms with Gasteiger partial charge in [-0.05, 0) is 61.8 Å². The number of carbonyl (C=O) groups excluding carboxylic acids is 1. The Morgan fingerprint density at radius 1 is 1.03 bits per heavy atom. The number of hydrogen-bond acceptors (Lipinski definition) is 4. The van der Waals surface area contributed by atoms with Crippen molar-refractivity contribution in [3.8, 4) is 5.75 Å². The van der Waals surface area contributed by atoms with E-state index in [0.29, 0.717) is 30.3 Å². The molecule has 2 aromatic rings. The molecular formula is C27H34N2O4. The molecule has 0 aliphatic carbocycles. The van der Waals surface area contributed by atoms with Gasteiger partial charge in [-0.25, -0.2) is 0 Å². The molecule has 4 rings (SSSR count). The third-order valence-corrected chi connectivity index (χ3v) is 7.30. The summed E-state index contributed by atoms with van der Waals surface area (Å²) in [6.07, 6.45) is 4.35. The molecular weight excluding hydrogens is 416 g/mol. The highest BCUT2D eigenvalue weighted by Crippen LogP contribution is 2.43. The molecule has 176 valence electrons. The third kappa shape index (κ3) is 5.74. The second-order valence-corrected chi connectivity index (χ2v) is 9.60. The summed E-state index contributed by atoms with van der Waals surface area (Å²) >= 11 is 0. The van der Waals surface area contributed by atoms with Gasteiger partial charge < -0.3 is 15.1 Å². The number of benzene rings is 2. The second-order valence-electron chi connectivity index (χ2n) is 9.60. The number of hydrogen-bond donors (Lipinski definition) is 2. The van der Waals surface area contributed by atoms with Gasteiger partial charge in [-0.2, -0.15) is 0 Å². The number of phenols is 1. The van der Waals surface area contributed by atoms with Gasteiger partial charge in [-0.3, -0.25) is 14.5 Å². The van der Waals surface area contributed by atoms with Crippen molar-refractivity contribution in [2.24, 2.45) is 0 Å². The number of amides is 1. The highest BCUT2D eigenvalue weighted by molar-refractivity contribution is 5.81. The minimum absolute atomic E-state index is 0.00748. The molecule has 2 saturated heterocycles. The second kappa shape index (κ2) is 10.4. The maximum Gasteiger partial charge on any atom is 0.303 e. The van der Waals surface area contributed by atoms with Crippen molar-refractivity contribution in [3.63, 3.8) is 0 Å². The smallest absolute Gasteiger partial charge is 0.303 e. The topological polar surface area (TPSA) is 81.1 Å². The van der Waals surface area contributed by atoms with Gasteiger partial charge in [-0.1, -0.05) is 42.5 Å². The summed E-state index contributed by atoms with van der Waals surface area (Å²) in [4.78, 5) is 28.5. The van der Waals surface area contributed by atoms with Crippen molar-refractivity contribution in [2.75, 3.05) is 6.54 Å². The van der Waals surface area contributed by atoms with E-state index in [1.807, 2.05) is 47.4 Å². The first-order valence-corrected chi connectivity index (χ1v) is 12.0. The molecule has 2 aromatic carbocycles. The van der Waals surface area contributed by atoms with E-state index >= 15 is 0 Å². The lowest BCUT2D eigenvalue weighted by atomic mass is 9.85. The van der Waals surface area contributed by atoms with Crippen molar-refractivity contribution < 1.29 is 19.8 Å². The number of carboxylic acid groups (broad SMARTS) is 1. The summed E-state index contributed by atoms with van der Waals surface area (Å²) in [6, 6.07) is 18.5. The standard InChI is InChI=1S/C27H34N2O4/c1-19(28(26(31)12-13-27(32)33)18-20-6-3-2-4-7-20)17-29-23-10-11-24(29)15-22(14-23)21-8-5-9-25(30)16-21/h2-9,16,19,22-24,30H,10-15,17-18H2,1H3,(H,32,33)/t19-,22?,23?,24?/m1/s1. The molecule has 2 fully saturated rings. The van der Waals surface area contributed by atoms with Crippen LogP contribution in [0.15, 0.2) is 54.6 Å². The summed E-state index contributed by atoms with van der Waals surface area (Å²) in [5.41, 5.74) is 2.27. The van der Waals surface area contributed by atoms with E-state index < -0.39 is 5.97 Å². The fourth-order valence-corrected chi connectivity index (χ4v) is 5.65. The summed E-state index contributed by atoms with van der Waals surface area (Å²) < 4.78 is 0. The summed E-state index contributed by atoms with van der Waals surface area (Å²) in [5, 5.41) is 18.9. The number of rotatable bonds is 9. The summed E-state index contributed by atoms with van der Waals surface area (Å²) in [6.45, 7) is 3.38. The fraction of sp³-hybridized carbons (Fsp3) is 0.481. The van der Waals surface area contributed by atoms with Crippen LogP contribution >= 0.6 is 0 Å². The van der Waals surface area contributed by atoms with Crippen LogP contribution in [-0.4, -0.2) is 56.6 Å². The molecule has 6 nitrogen and oxygen atoms in total. The van der Waals surface area contributed by atoms with Crippen LogP contribution in [0.5, 0.6) is 5.75 Å². The number of piperidine rings is 1. The Morgan fingerprint density at radius 2 is 1.73 bits per heavy atom. The van der Waals surface area contributed by atoms with E-state index in [2.05, 4.69) is 17.9 Å². The number of aromatic hydroxyl groups is 1. The molecule has 0 spiro atoms. The Kier molecular flexibility index (Phi) is 7.33. The van der Waals surface area contributed by atoms with Gasteiger partial charge in [0, 0.05) is 37.6 Å². The summed E-state index contributed by atoms with van der Waals surface area (Å²) in [7, 11) is 0. The monoisotopic (exact) mass is 450 g/mol. The van der Waals surface area contributed by atoms with Gasteiger partial charge >= 0.3 is 5.97 Å². The number of fused-ring (bicyclic) bond motifs is 2. The zero-order chi connectivity index (χ0) is 23.4. The molecule has 3 atom stereocenters. The number of aliphatic carboxylic acids is 1. The van der Waals surface area contributed by atoms with Gasteiger partial charge in [0.25, 0.3) is 0 Å². The minimum atomic E-state index is -0.942. The molecule has 6 heteroatoms. The van der Waals surface area contributed by atoms with Crippen LogP contribution in [0.4, 0.5) is 0 Å². The zero-order valence-corrected chi connectivity index (χ0v) is 19.3. The Balaban J connectivity index is 1.44. The van der Waals surface area contributed by atoms with Gasteiger partial charge in [0.15, 0.2) is 0 Å². The van der Waals surface area contributed by atoms with Crippen LogP contribution in [0.1, 0.15) is 62.5 Å². The minimum Gasteiger partial charge on any atom is -0.508 e. The van der Waals surface area contributed by atoms with Gasteiger partial charge in [0.2, 0.25) is 5.91 Å². The van der Waals surface area contributed by atoms with Crippen molar-refractivity contribution >= 4 is 11.9 Å². The molecule has 0 saturated carbocycles. The molecule has 2 bridgehead atoms. The van der Waals surface area contributed by atoms with Crippen LogP contribution in [0.2, 0.25) is 0 Å². The molecule has 0 aromatic heterocycles. The molecule has 33 heavy (non-hydrogen) atoms. The molecule has 2 aliphatic rings. The molecule has 0 radical (unpaired) electrons. The first-order valence-electron chi connectivity index (χ1n) is 12.0.